The highest BCUT2D eigenvalue weighted by Crippen LogP contribution is 2.22. The molecule has 31 heavy (non-hydrogen) atoms. The van der Waals surface area contributed by atoms with Gasteiger partial charge in [-0.25, -0.2) is 4.98 Å². The molecule has 2 aromatic heterocycles. The molecule has 0 bridgehead atoms. The van der Waals surface area contributed by atoms with Crippen LogP contribution < -0.4 is 10.5 Å². The Morgan fingerprint density at radius 2 is 1.74 bits per heavy atom. The standard InChI is InChI=1S/C23H22ClN5O2/c1-4-16-9-11-17(12-10-16)13-28(21(31)18-7-5-6-8-19(18)24)23-26-22-25-15(3)14(2)20(30)29(22)27-23/h5-12H,4,13H2,1-3H3,(H,25,26,27). The summed E-state index contributed by atoms with van der Waals surface area (Å²) in [5, 5.41) is 3.28. The first-order valence-corrected chi connectivity index (χ1v) is 10.4. The summed E-state index contributed by atoms with van der Waals surface area (Å²) in [6.45, 7) is 5.80. The second-order valence-electron chi connectivity index (χ2n) is 7.35. The zero-order valence-corrected chi connectivity index (χ0v) is 18.3. The van der Waals surface area contributed by atoms with Crippen LogP contribution in [0, 0.1) is 13.8 Å². The van der Waals surface area contributed by atoms with Crippen molar-refractivity contribution in [1.82, 2.24) is 19.6 Å². The Labute approximate surface area is 184 Å². The third kappa shape index (κ3) is 3.96. The van der Waals surface area contributed by atoms with Crippen molar-refractivity contribution in [2.45, 2.75) is 33.7 Å². The predicted molar refractivity (Wildman–Crippen MR) is 121 cm³/mol. The van der Waals surface area contributed by atoms with E-state index in [0.29, 0.717) is 21.8 Å². The number of carbonyl (C=O) groups excluding carboxylic acids is 1. The Kier molecular flexibility index (Phi) is 5.61. The molecule has 8 heteroatoms. The normalized spacial score (nSPS) is 11.1. The topological polar surface area (TPSA) is 83.4 Å². The van der Waals surface area contributed by atoms with E-state index in [1.807, 2.05) is 24.3 Å². The van der Waals surface area contributed by atoms with Crippen LogP contribution in [-0.2, 0) is 13.0 Å². The molecule has 0 saturated carbocycles. The molecule has 1 amide bonds. The maximum Gasteiger partial charge on any atom is 0.277 e. The monoisotopic (exact) mass is 435 g/mol. The summed E-state index contributed by atoms with van der Waals surface area (Å²) >= 11 is 6.29. The van der Waals surface area contributed by atoms with E-state index in [0.717, 1.165) is 12.0 Å². The number of carbonyl (C=O) groups is 1. The Morgan fingerprint density at radius 3 is 2.42 bits per heavy atom. The first-order valence-electron chi connectivity index (χ1n) is 9.99. The van der Waals surface area contributed by atoms with Crippen LogP contribution in [0.3, 0.4) is 0 Å². The number of fused-ring (bicyclic) bond motifs is 1. The molecule has 0 radical (unpaired) electrons. The van der Waals surface area contributed by atoms with Gasteiger partial charge >= 0.3 is 0 Å². The fourth-order valence-electron chi connectivity index (χ4n) is 3.30. The number of aryl methyl sites for hydroxylation is 2. The summed E-state index contributed by atoms with van der Waals surface area (Å²) in [5.74, 6) is 0.103. The average Bonchev–Trinajstić information content (AvgIpc) is 3.20. The predicted octanol–water partition coefficient (Wildman–Crippen LogP) is 4.10. The summed E-state index contributed by atoms with van der Waals surface area (Å²) in [6, 6.07) is 14.9. The molecule has 0 fully saturated rings. The smallest absolute Gasteiger partial charge is 0.272 e. The van der Waals surface area contributed by atoms with Crippen molar-refractivity contribution in [3.05, 3.63) is 91.9 Å². The highest BCUT2D eigenvalue weighted by Gasteiger charge is 2.24. The van der Waals surface area contributed by atoms with Crippen LogP contribution in [0.4, 0.5) is 5.95 Å². The fraction of sp³-hybridized carbons (Fsp3) is 0.217. The number of aromatic amines is 1. The molecular formula is C23H22ClN5O2. The van der Waals surface area contributed by atoms with E-state index in [2.05, 4.69) is 22.0 Å². The molecule has 0 spiro atoms. The van der Waals surface area contributed by atoms with Crippen LogP contribution in [-0.4, -0.2) is 25.5 Å². The van der Waals surface area contributed by atoms with Gasteiger partial charge in [-0.05, 0) is 43.5 Å². The summed E-state index contributed by atoms with van der Waals surface area (Å²) < 4.78 is 1.25. The fourth-order valence-corrected chi connectivity index (χ4v) is 3.52. The largest absolute Gasteiger partial charge is 0.277 e. The number of aromatic nitrogens is 4. The lowest BCUT2D eigenvalue weighted by molar-refractivity contribution is 0.0983. The molecule has 0 unspecified atom stereocenters. The first kappa shape index (κ1) is 20.8. The van der Waals surface area contributed by atoms with Gasteiger partial charge in [-0.15, -0.1) is 0 Å². The Balaban J connectivity index is 1.82. The van der Waals surface area contributed by atoms with Gasteiger partial charge in [0.15, 0.2) is 0 Å². The van der Waals surface area contributed by atoms with Crippen molar-refractivity contribution in [2.24, 2.45) is 0 Å². The van der Waals surface area contributed by atoms with Gasteiger partial charge in [-0.2, -0.15) is 9.50 Å². The van der Waals surface area contributed by atoms with Gasteiger partial charge in [0.1, 0.15) is 0 Å². The highest BCUT2D eigenvalue weighted by molar-refractivity contribution is 6.34. The number of halogens is 1. The number of rotatable bonds is 5. The van der Waals surface area contributed by atoms with Gasteiger partial charge in [-0.3, -0.25) is 19.6 Å². The van der Waals surface area contributed by atoms with Gasteiger partial charge < -0.3 is 0 Å². The van der Waals surface area contributed by atoms with Crippen molar-refractivity contribution >= 4 is 29.2 Å². The lowest BCUT2D eigenvalue weighted by Crippen LogP contribution is -2.32. The van der Waals surface area contributed by atoms with Crippen LogP contribution in [0.5, 0.6) is 0 Å². The highest BCUT2D eigenvalue weighted by atomic mass is 35.5. The molecule has 0 aliphatic rings. The summed E-state index contributed by atoms with van der Waals surface area (Å²) in [4.78, 5) is 36.4. The lowest BCUT2D eigenvalue weighted by Gasteiger charge is -2.20. The van der Waals surface area contributed by atoms with E-state index in [4.69, 9.17) is 11.6 Å². The quantitative estimate of drug-likeness (QED) is 0.511. The number of benzene rings is 2. The number of nitrogens with one attached hydrogen (secondary N) is 1. The van der Waals surface area contributed by atoms with Crippen molar-refractivity contribution < 1.29 is 4.79 Å². The molecular weight excluding hydrogens is 414 g/mol. The number of H-pyrrole nitrogens is 1. The molecule has 4 rings (SSSR count). The van der Waals surface area contributed by atoms with Crippen molar-refractivity contribution in [3.8, 4) is 0 Å². The number of nitrogens with zero attached hydrogens (tertiary/aromatic N) is 4. The van der Waals surface area contributed by atoms with Crippen LogP contribution in [0.25, 0.3) is 5.78 Å². The van der Waals surface area contributed by atoms with Gasteiger partial charge in [0.25, 0.3) is 17.2 Å². The SMILES string of the molecule is CCc1ccc(CN(C(=O)c2ccccc2Cl)c2nc3nc(C)c(C)c(=O)n3[nH]2)cc1. The average molecular weight is 436 g/mol. The van der Waals surface area contributed by atoms with E-state index in [-0.39, 0.29) is 29.7 Å². The van der Waals surface area contributed by atoms with Gasteiger partial charge in [0.2, 0.25) is 5.95 Å². The maximum atomic E-state index is 13.5. The number of hydrogen-bond donors (Lipinski definition) is 1. The minimum Gasteiger partial charge on any atom is -0.272 e. The minimum atomic E-state index is -0.328. The molecule has 7 nitrogen and oxygen atoms in total. The van der Waals surface area contributed by atoms with Crippen LogP contribution in [0.2, 0.25) is 5.02 Å². The minimum absolute atomic E-state index is 0.210. The van der Waals surface area contributed by atoms with Gasteiger partial charge in [-0.1, -0.05) is 54.9 Å². The van der Waals surface area contributed by atoms with Gasteiger partial charge in [0.05, 0.1) is 17.1 Å². The molecule has 0 atom stereocenters. The zero-order chi connectivity index (χ0) is 22.1. The van der Waals surface area contributed by atoms with Crippen LogP contribution in [0.15, 0.2) is 53.3 Å². The Morgan fingerprint density at radius 1 is 1.06 bits per heavy atom. The van der Waals surface area contributed by atoms with E-state index in [9.17, 15) is 9.59 Å². The summed E-state index contributed by atoms with van der Waals surface area (Å²) in [6.07, 6.45) is 0.930. The molecule has 4 aromatic rings. The molecule has 0 aliphatic heterocycles. The molecule has 158 valence electrons. The maximum absolute atomic E-state index is 13.5. The van der Waals surface area contributed by atoms with E-state index < -0.39 is 0 Å². The third-order valence-electron chi connectivity index (χ3n) is 5.33. The lowest BCUT2D eigenvalue weighted by atomic mass is 10.1. The van der Waals surface area contributed by atoms with Crippen LogP contribution >= 0.6 is 11.6 Å². The molecule has 2 aromatic carbocycles. The van der Waals surface area contributed by atoms with Crippen molar-refractivity contribution in [3.63, 3.8) is 0 Å². The first-order chi connectivity index (χ1) is 14.9. The number of anilines is 1. The summed E-state index contributed by atoms with van der Waals surface area (Å²) in [7, 11) is 0. The number of hydrogen-bond acceptors (Lipinski definition) is 4. The third-order valence-corrected chi connectivity index (χ3v) is 5.66. The van der Waals surface area contributed by atoms with Crippen molar-refractivity contribution in [2.75, 3.05) is 4.90 Å². The van der Waals surface area contributed by atoms with E-state index in [1.54, 1.807) is 38.1 Å². The molecule has 0 saturated heterocycles. The van der Waals surface area contributed by atoms with Crippen molar-refractivity contribution in [1.29, 1.82) is 0 Å². The van der Waals surface area contributed by atoms with Crippen LogP contribution in [0.1, 0.15) is 39.7 Å². The zero-order valence-electron chi connectivity index (χ0n) is 17.5. The Hall–Kier alpha value is -3.45. The second-order valence-corrected chi connectivity index (χ2v) is 7.76. The number of amides is 1. The molecule has 1 N–H and O–H groups in total. The van der Waals surface area contributed by atoms with E-state index in [1.165, 1.54) is 15.0 Å². The van der Waals surface area contributed by atoms with E-state index >= 15 is 0 Å². The Bertz CT molecular complexity index is 1320. The second kappa shape index (κ2) is 8.35. The molecule has 2 heterocycles. The van der Waals surface area contributed by atoms with Gasteiger partial charge in [0, 0.05) is 11.3 Å². The summed E-state index contributed by atoms with van der Waals surface area (Å²) in [5.41, 5.74) is 3.35. The molecule has 0 aliphatic carbocycles.